The van der Waals surface area contributed by atoms with E-state index >= 15 is 0 Å². The van der Waals surface area contributed by atoms with Crippen LogP contribution in [0.3, 0.4) is 0 Å². The second-order valence-electron chi connectivity index (χ2n) is 3.16. The third-order valence-corrected chi connectivity index (χ3v) is 1.93. The lowest BCUT2D eigenvalue weighted by atomic mass is 10.0. The van der Waals surface area contributed by atoms with Gasteiger partial charge in [0.1, 0.15) is 6.61 Å². The molecule has 0 aromatic heterocycles. The van der Waals surface area contributed by atoms with Crippen LogP contribution in [0.1, 0.15) is 33.1 Å². The molecule has 0 unspecified atom stereocenters. The lowest BCUT2D eigenvalue weighted by molar-refractivity contribution is -0.152. The van der Waals surface area contributed by atoms with E-state index in [-0.39, 0.29) is 24.5 Å². The van der Waals surface area contributed by atoms with Gasteiger partial charge in [-0.25, -0.2) is 0 Å². The average molecular weight is 202 g/mol. The van der Waals surface area contributed by atoms with Gasteiger partial charge in [-0.3, -0.25) is 9.59 Å². The summed E-state index contributed by atoms with van der Waals surface area (Å²) in [6.45, 7) is 3.50. The maximum Gasteiger partial charge on any atom is 0.312 e. The van der Waals surface area contributed by atoms with E-state index in [0.29, 0.717) is 6.42 Å². The normalized spacial score (nSPS) is 11.9. The molecule has 4 nitrogen and oxygen atoms in total. The Balaban J connectivity index is 3.96. The fourth-order valence-electron chi connectivity index (χ4n) is 1.10. The van der Waals surface area contributed by atoms with Crippen molar-refractivity contribution in [1.29, 1.82) is 0 Å². The molecule has 14 heavy (non-hydrogen) atoms. The van der Waals surface area contributed by atoms with Gasteiger partial charge in [-0.2, -0.15) is 0 Å². The van der Waals surface area contributed by atoms with Crippen LogP contribution in [0.2, 0.25) is 0 Å². The second kappa shape index (κ2) is 7.35. The third kappa shape index (κ3) is 5.56. The summed E-state index contributed by atoms with van der Waals surface area (Å²) < 4.78 is 9.40. The van der Waals surface area contributed by atoms with Crippen molar-refractivity contribution in [1.82, 2.24) is 0 Å². The standard InChI is InChI=1S/C10H18O4/c1-4-5-6-9(10(12)13-3)7-14-8(2)11/h9H,4-7H2,1-3H3/t9-/m0/s1. The molecule has 0 spiro atoms. The molecule has 0 aliphatic rings. The smallest absolute Gasteiger partial charge is 0.312 e. The summed E-state index contributed by atoms with van der Waals surface area (Å²) in [4.78, 5) is 21.8. The number of carbonyl (C=O) groups is 2. The summed E-state index contributed by atoms with van der Waals surface area (Å²) >= 11 is 0. The highest BCUT2D eigenvalue weighted by Crippen LogP contribution is 2.10. The predicted molar refractivity (Wildman–Crippen MR) is 51.7 cm³/mol. The van der Waals surface area contributed by atoms with Gasteiger partial charge in [0, 0.05) is 6.92 Å². The van der Waals surface area contributed by atoms with E-state index in [1.165, 1.54) is 14.0 Å². The van der Waals surface area contributed by atoms with Crippen LogP contribution in [0.25, 0.3) is 0 Å². The number of carbonyl (C=O) groups excluding carboxylic acids is 2. The minimum Gasteiger partial charge on any atom is -0.469 e. The number of esters is 2. The average Bonchev–Trinajstić information content (AvgIpc) is 2.16. The molecule has 0 N–H and O–H groups in total. The van der Waals surface area contributed by atoms with Crippen LogP contribution in [-0.2, 0) is 19.1 Å². The highest BCUT2D eigenvalue weighted by molar-refractivity contribution is 5.73. The third-order valence-electron chi connectivity index (χ3n) is 1.93. The van der Waals surface area contributed by atoms with E-state index in [0.717, 1.165) is 12.8 Å². The monoisotopic (exact) mass is 202 g/mol. The fourth-order valence-corrected chi connectivity index (χ4v) is 1.10. The zero-order valence-corrected chi connectivity index (χ0v) is 9.04. The van der Waals surface area contributed by atoms with Gasteiger partial charge in [0.15, 0.2) is 0 Å². The highest BCUT2D eigenvalue weighted by atomic mass is 16.5. The number of hydrogen-bond acceptors (Lipinski definition) is 4. The first-order valence-electron chi connectivity index (χ1n) is 4.83. The first-order chi connectivity index (χ1) is 6.61. The molecule has 0 rings (SSSR count). The summed E-state index contributed by atoms with van der Waals surface area (Å²) in [5, 5.41) is 0. The maximum absolute atomic E-state index is 11.2. The molecule has 0 fully saturated rings. The van der Waals surface area contributed by atoms with Crippen molar-refractivity contribution in [2.45, 2.75) is 33.1 Å². The molecule has 0 radical (unpaired) electrons. The van der Waals surface area contributed by atoms with E-state index in [4.69, 9.17) is 4.74 Å². The van der Waals surface area contributed by atoms with E-state index in [1.807, 2.05) is 6.92 Å². The Morgan fingerprint density at radius 3 is 2.43 bits per heavy atom. The summed E-state index contributed by atoms with van der Waals surface area (Å²) in [6.07, 6.45) is 2.64. The fraction of sp³-hybridized carbons (Fsp3) is 0.800. The van der Waals surface area contributed by atoms with Crippen LogP contribution in [0, 0.1) is 5.92 Å². The molecular weight excluding hydrogens is 184 g/mol. The van der Waals surface area contributed by atoms with E-state index in [9.17, 15) is 9.59 Å². The van der Waals surface area contributed by atoms with Crippen molar-refractivity contribution in [3.05, 3.63) is 0 Å². The van der Waals surface area contributed by atoms with Gasteiger partial charge < -0.3 is 9.47 Å². The van der Waals surface area contributed by atoms with Crippen LogP contribution >= 0.6 is 0 Å². The zero-order chi connectivity index (χ0) is 11.0. The van der Waals surface area contributed by atoms with Crippen LogP contribution in [0.5, 0.6) is 0 Å². The molecule has 0 aliphatic heterocycles. The quantitative estimate of drug-likeness (QED) is 0.613. The van der Waals surface area contributed by atoms with E-state index in [2.05, 4.69) is 4.74 Å². The molecule has 0 amide bonds. The topological polar surface area (TPSA) is 52.6 Å². The van der Waals surface area contributed by atoms with Gasteiger partial charge in [-0.15, -0.1) is 0 Å². The molecule has 0 saturated carbocycles. The van der Waals surface area contributed by atoms with Crippen molar-refractivity contribution >= 4 is 11.9 Å². The zero-order valence-electron chi connectivity index (χ0n) is 9.04. The van der Waals surface area contributed by atoms with Gasteiger partial charge in [0.25, 0.3) is 0 Å². The minimum absolute atomic E-state index is 0.127. The molecule has 0 aromatic rings. The molecule has 0 heterocycles. The molecule has 82 valence electrons. The molecular formula is C10H18O4. The minimum atomic E-state index is -0.365. The number of methoxy groups -OCH3 is 1. The van der Waals surface area contributed by atoms with Crippen LogP contribution in [-0.4, -0.2) is 25.7 Å². The van der Waals surface area contributed by atoms with Crippen LogP contribution in [0.4, 0.5) is 0 Å². The SMILES string of the molecule is CCCC[C@@H](COC(C)=O)C(=O)OC. The Hall–Kier alpha value is -1.06. The summed E-state index contributed by atoms with van der Waals surface area (Å²) in [5.74, 6) is -0.987. The Morgan fingerprint density at radius 1 is 1.36 bits per heavy atom. The van der Waals surface area contributed by atoms with Gasteiger partial charge in [-0.1, -0.05) is 19.8 Å². The Bertz CT molecular complexity index is 189. The Labute approximate surface area is 84.6 Å². The molecule has 0 aliphatic carbocycles. The van der Waals surface area contributed by atoms with Crippen molar-refractivity contribution in [2.75, 3.05) is 13.7 Å². The maximum atomic E-state index is 11.2. The van der Waals surface area contributed by atoms with Crippen molar-refractivity contribution in [3.63, 3.8) is 0 Å². The Kier molecular flexibility index (Phi) is 6.80. The van der Waals surface area contributed by atoms with Crippen LogP contribution < -0.4 is 0 Å². The van der Waals surface area contributed by atoms with Crippen molar-refractivity contribution < 1.29 is 19.1 Å². The van der Waals surface area contributed by atoms with Gasteiger partial charge in [-0.05, 0) is 6.42 Å². The second-order valence-corrected chi connectivity index (χ2v) is 3.16. The number of ether oxygens (including phenoxy) is 2. The van der Waals surface area contributed by atoms with Crippen LogP contribution in [0.15, 0.2) is 0 Å². The first kappa shape index (κ1) is 12.9. The molecule has 0 aromatic carbocycles. The molecule has 4 heteroatoms. The number of unbranched alkanes of at least 4 members (excludes halogenated alkanes) is 1. The van der Waals surface area contributed by atoms with Gasteiger partial charge in [0.2, 0.25) is 0 Å². The molecule has 1 atom stereocenters. The molecule has 0 saturated heterocycles. The van der Waals surface area contributed by atoms with E-state index < -0.39 is 0 Å². The summed E-state index contributed by atoms with van der Waals surface area (Å²) in [7, 11) is 1.34. The van der Waals surface area contributed by atoms with Crippen molar-refractivity contribution in [2.24, 2.45) is 5.92 Å². The number of hydrogen-bond donors (Lipinski definition) is 0. The van der Waals surface area contributed by atoms with E-state index in [1.54, 1.807) is 0 Å². The lowest BCUT2D eigenvalue weighted by Crippen LogP contribution is -2.22. The Morgan fingerprint density at radius 2 is 2.00 bits per heavy atom. The summed E-state index contributed by atoms with van der Waals surface area (Å²) in [6, 6.07) is 0. The lowest BCUT2D eigenvalue weighted by Gasteiger charge is -2.13. The number of rotatable bonds is 6. The van der Waals surface area contributed by atoms with Crippen molar-refractivity contribution in [3.8, 4) is 0 Å². The van der Waals surface area contributed by atoms with Gasteiger partial charge >= 0.3 is 11.9 Å². The molecule has 0 bridgehead atoms. The summed E-state index contributed by atoms with van der Waals surface area (Å²) in [5.41, 5.74) is 0. The largest absolute Gasteiger partial charge is 0.469 e. The predicted octanol–water partition coefficient (Wildman–Crippen LogP) is 1.53. The highest BCUT2D eigenvalue weighted by Gasteiger charge is 2.19. The van der Waals surface area contributed by atoms with Gasteiger partial charge in [0.05, 0.1) is 13.0 Å². The first-order valence-corrected chi connectivity index (χ1v) is 4.83.